The zero-order valence-electron chi connectivity index (χ0n) is 13.9. The SMILES string of the molecule is Cc1cccc(CSc2ncc(Cl)c(C(=O)Nc3ccccc3Br)n2)c1. The van der Waals surface area contributed by atoms with E-state index in [0.29, 0.717) is 16.6 Å². The second-order valence-corrected chi connectivity index (χ2v) is 7.76. The number of hydrogen-bond acceptors (Lipinski definition) is 4. The molecule has 1 N–H and O–H groups in total. The van der Waals surface area contributed by atoms with Gasteiger partial charge in [-0.3, -0.25) is 4.79 Å². The average molecular weight is 449 g/mol. The van der Waals surface area contributed by atoms with Gasteiger partial charge in [-0.25, -0.2) is 9.97 Å². The third-order valence-corrected chi connectivity index (χ3v) is 5.41. The predicted octanol–water partition coefficient (Wildman–Crippen LogP) is 5.75. The fourth-order valence-electron chi connectivity index (χ4n) is 2.27. The van der Waals surface area contributed by atoms with E-state index >= 15 is 0 Å². The van der Waals surface area contributed by atoms with Gasteiger partial charge in [0.25, 0.3) is 5.91 Å². The van der Waals surface area contributed by atoms with E-state index in [2.05, 4.69) is 56.3 Å². The molecule has 1 heterocycles. The molecule has 1 amide bonds. The Kier molecular flexibility index (Phi) is 6.29. The number of nitrogens with zero attached hydrogens (tertiary/aromatic N) is 2. The first-order valence-electron chi connectivity index (χ1n) is 7.79. The molecule has 0 spiro atoms. The van der Waals surface area contributed by atoms with E-state index in [1.807, 2.05) is 24.3 Å². The van der Waals surface area contributed by atoms with Gasteiger partial charge >= 0.3 is 0 Å². The Morgan fingerprint density at radius 2 is 2.04 bits per heavy atom. The van der Waals surface area contributed by atoms with Crippen LogP contribution >= 0.6 is 39.3 Å². The van der Waals surface area contributed by atoms with Crippen molar-refractivity contribution < 1.29 is 4.79 Å². The van der Waals surface area contributed by atoms with Crippen LogP contribution in [0.2, 0.25) is 5.02 Å². The Balaban J connectivity index is 1.74. The molecule has 7 heteroatoms. The highest BCUT2D eigenvalue weighted by atomic mass is 79.9. The van der Waals surface area contributed by atoms with Gasteiger partial charge in [-0.15, -0.1) is 0 Å². The monoisotopic (exact) mass is 447 g/mol. The second-order valence-electron chi connectivity index (χ2n) is 5.56. The van der Waals surface area contributed by atoms with Crippen LogP contribution in [-0.4, -0.2) is 15.9 Å². The van der Waals surface area contributed by atoms with Crippen molar-refractivity contribution in [3.05, 3.63) is 81.0 Å². The Bertz CT molecular complexity index is 952. The largest absolute Gasteiger partial charge is 0.320 e. The number of benzene rings is 2. The number of rotatable bonds is 5. The fraction of sp³-hybridized carbons (Fsp3) is 0.105. The van der Waals surface area contributed by atoms with Crippen molar-refractivity contribution in [3.63, 3.8) is 0 Å². The first kappa shape index (κ1) is 18.9. The number of anilines is 1. The summed E-state index contributed by atoms with van der Waals surface area (Å²) in [7, 11) is 0. The smallest absolute Gasteiger partial charge is 0.276 e. The number of thioether (sulfide) groups is 1. The Labute approximate surface area is 169 Å². The molecular formula is C19H15BrClN3OS. The molecule has 0 fully saturated rings. The van der Waals surface area contributed by atoms with E-state index in [1.54, 1.807) is 6.07 Å². The molecule has 0 aliphatic carbocycles. The summed E-state index contributed by atoms with van der Waals surface area (Å²) in [5.41, 5.74) is 3.19. The number of amides is 1. The Hall–Kier alpha value is -1.89. The second kappa shape index (κ2) is 8.66. The van der Waals surface area contributed by atoms with Gasteiger partial charge in [0.05, 0.1) is 16.9 Å². The van der Waals surface area contributed by atoms with Gasteiger partial charge in [-0.1, -0.05) is 65.3 Å². The van der Waals surface area contributed by atoms with Crippen molar-refractivity contribution in [1.82, 2.24) is 9.97 Å². The van der Waals surface area contributed by atoms with E-state index in [4.69, 9.17) is 11.6 Å². The number of aryl methyl sites for hydroxylation is 1. The van der Waals surface area contributed by atoms with Gasteiger partial charge in [-0.2, -0.15) is 0 Å². The highest BCUT2D eigenvalue weighted by Crippen LogP contribution is 2.25. The summed E-state index contributed by atoms with van der Waals surface area (Å²) in [6.45, 7) is 2.05. The van der Waals surface area contributed by atoms with E-state index in [9.17, 15) is 4.79 Å². The molecule has 0 saturated heterocycles. The highest BCUT2D eigenvalue weighted by Gasteiger charge is 2.15. The summed E-state index contributed by atoms with van der Waals surface area (Å²) >= 11 is 11.0. The molecule has 1 aromatic heterocycles. The quantitative estimate of drug-likeness (QED) is 0.399. The van der Waals surface area contributed by atoms with Crippen LogP contribution in [0, 0.1) is 6.92 Å². The molecule has 0 bridgehead atoms. The van der Waals surface area contributed by atoms with Crippen LogP contribution in [0.3, 0.4) is 0 Å². The molecule has 26 heavy (non-hydrogen) atoms. The van der Waals surface area contributed by atoms with Gasteiger partial charge in [0.15, 0.2) is 10.9 Å². The molecule has 2 aromatic carbocycles. The number of carbonyl (C=O) groups excluding carboxylic acids is 1. The first-order chi connectivity index (χ1) is 12.5. The van der Waals surface area contributed by atoms with Crippen LogP contribution < -0.4 is 5.32 Å². The first-order valence-corrected chi connectivity index (χ1v) is 9.95. The van der Waals surface area contributed by atoms with Crippen molar-refractivity contribution in [2.75, 3.05) is 5.32 Å². The Morgan fingerprint density at radius 3 is 2.81 bits per heavy atom. The maximum atomic E-state index is 12.5. The van der Waals surface area contributed by atoms with Gasteiger partial charge in [0.1, 0.15) is 0 Å². The van der Waals surface area contributed by atoms with Crippen LogP contribution in [0.1, 0.15) is 21.6 Å². The van der Waals surface area contributed by atoms with Gasteiger partial charge in [0.2, 0.25) is 0 Å². The van der Waals surface area contributed by atoms with Gasteiger partial charge < -0.3 is 5.32 Å². The van der Waals surface area contributed by atoms with Crippen molar-refractivity contribution in [2.24, 2.45) is 0 Å². The molecule has 0 saturated carbocycles. The number of hydrogen-bond donors (Lipinski definition) is 1. The molecule has 3 rings (SSSR count). The van der Waals surface area contributed by atoms with Crippen molar-refractivity contribution in [3.8, 4) is 0 Å². The van der Waals surface area contributed by atoms with Crippen LogP contribution in [0.15, 0.2) is 64.4 Å². The van der Waals surface area contributed by atoms with Crippen molar-refractivity contribution >= 4 is 50.9 Å². The molecule has 0 aliphatic heterocycles. The standard InChI is InChI=1S/C19H15BrClN3OS/c1-12-5-4-6-13(9-12)11-26-19-22-10-15(21)17(24-19)18(25)23-16-8-3-2-7-14(16)20/h2-10H,11H2,1H3,(H,23,25). The summed E-state index contributed by atoms with van der Waals surface area (Å²) in [6, 6.07) is 15.6. The van der Waals surface area contributed by atoms with Crippen molar-refractivity contribution in [1.29, 1.82) is 0 Å². The minimum atomic E-state index is -0.373. The lowest BCUT2D eigenvalue weighted by Crippen LogP contribution is -2.15. The third-order valence-electron chi connectivity index (χ3n) is 3.51. The molecule has 0 radical (unpaired) electrons. The third kappa shape index (κ3) is 4.84. The molecule has 4 nitrogen and oxygen atoms in total. The summed E-state index contributed by atoms with van der Waals surface area (Å²) in [6.07, 6.45) is 1.46. The molecular weight excluding hydrogens is 434 g/mol. The number of aromatic nitrogens is 2. The molecule has 0 aliphatic rings. The van der Waals surface area contributed by atoms with Crippen LogP contribution in [0.4, 0.5) is 5.69 Å². The van der Waals surface area contributed by atoms with E-state index < -0.39 is 0 Å². The maximum Gasteiger partial charge on any atom is 0.276 e. The lowest BCUT2D eigenvalue weighted by atomic mass is 10.2. The molecule has 0 unspecified atom stereocenters. The van der Waals surface area contributed by atoms with Crippen LogP contribution in [-0.2, 0) is 5.75 Å². The molecule has 132 valence electrons. The number of halogens is 2. The van der Waals surface area contributed by atoms with Gasteiger partial charge in [0, 0.05) is 10.2 Å². The molecule has 0 atom stereocenters. The van der Waals surface area contributed by atoms with Crippen LogP contribution in [0.25, 0.3) is 0 Å². The average Bonchev–Trinajstić information content (AvgIpc) is 2.63. The lowest BCUT2D eigenvalue weighted by Gasteiger charge is -2.09. The van der Waals surface area contributed by atoms with E-state index in [-0.39, 0.29) is 16.6 Å². The zero-order chi connectivity index (χ0) is 18.5. The maximum absolute atomic E-state index is 12.5. The number of carbonyl (C=O) groups is 1. The normalized spacial score (nSPS) is 10.6. The van der Waals surface area contributed by atoms with E-state index in [0.717, 1.165) is 4.47 Å². The summed E-state index contributed by atoms with van der Waals surface area (Å²) in [5.74, 6) is 0.343. The highest BCUT2D eigenvalue weighted by molar-refractivity contribution is 9.10. The summed E-state index contributed by atoms with van der Waals surface area (Å²) in [4.78, 5) is 21.1. The predicted molar refractivity (Wildman–Crippen MR) is 110 cm³/mol. The van der Waals surface area contributed by atoms with E-state index in [1.165, 1.54) is 29.1 Å². The minimum Gasteiger partial charge on any atom is -0.320 e. The minimum absolute atomic E-state index is 0.157. The Morgan fingerprint density at radius 1 is 1.23 bits per heavy atom. The number of para-hydroxylation sites is 1. The van der Waals surface area contributed by atoms with Gasteiger partial charge in [-0.05, 0) is 40.5 Å². The summed E-state index contributed by atoms with van der Waals surface area (Å²) < 4.78 is 0.785. The lowest BCUT2D eigenvalue weighted by molar-refractivity contribution is 0.102. The topological polar surface area (TPSA) is 54.9 Å². The zero-order valence-corrected chi connectivity index (χ0v) is 17.0. The fourth-order valence-corrected chi connectivity index (χ4v) is 3.59. The van der Waals surface area contributed by atoms with Crippen LogP contribution in [0.5, 0.6) is 0 Å². The van der Waals surface area contributed by atoms with Crippen molar-refractivity contribution in [2.45, 2.75) is 17.8 Å². The molecule has 3 aromatic rings. The summed E-state index contributed by atoms with van der Waals surface area (Å²) in [5, 5.41) is 3.53. The number of nitrogens with one attached hydrogen (secondary N) is 1.